The van der Waals surface area contributed by atoms with Crippen molar-refractivity contribution in [1.29, 1.82) is 0 Å². The number of para-hydroxylation sites is 1. The number of aromatic nitrogens is 3. The second-order valence-electron chi connectivity index (χ2n) is 5.44. The van der Waals surface area contributed by atoms with E-state index in [0.29, 0.717) is 11.6 Å². The van der Waals surface area contributed by atoms with Crippen molar-refractivity contribution < 1.29 is 9.32 Å². The first-order valence-corrected chi connectivity index (χ1v) is 7.38. The number of aryl methyl sites for hydroxylation is 3. The van der Waals surface area contributed by atoms with Gasteiger partial charge < -0.3 is 9.84 Å². The molecule has 0 fully saturated rings. The van der Waals surface area contributed by atoms with Crippen LogP contribution in [0, 0.1) is 20.8 Å². The smallest absolute Gasteiger partial charge is 0.230 e. The average molecular weight is 310 g/mol. The highest BCUT2D eigenvalue weighted by molar-refractivity contribution is 5.92. The van der Waals surface area contributed by atoms with Crippen LogP contribution in [0.1, 0.15) is 22.6 Å². The number of rotatable bonds is 4. The van der Waals surface area contributed by atoms with Crippen molar-refractivity contribution in [2.75, 3.05) is 5.32 Å². The Labute approximate surface area is 134 Å². The van der Waals surface area contributed by atoms with Crippen molar-refractivity contribution in [3.05, 3.63) is 59.1 Å². The molecule has 1 aromatic carbocycles. The highest BCUT2D eigenvalue weighted by atomic mass is 16.5. The molecule has 0 radical (unpaired) electrons. The zero-order chi connectivity index (χ0) is 16.4. The van der Waals surface area contributed by atoms with E-state index in [-0.39, 0.29) is 12.3 Å². The number of benzene rings is 1. The van der Waals surface area contributed by atoms with Gasteiger partial charge in [0, 0.05) is 11.6 Å². The van der Waals surface area contributed by atoms with E-state index in [1.165, 1.54) is 0 Å². The molecule has 0 saturated carbocycles. The first-order chi connectivity index (χ1) is 11.1. The molecule has 0 bridgehead atoms. The molecule has 118 valence electrons. The number of carbonyl (C=O) groups is 1. The van der Waals surface area contributed by atoms with Crippen molar-refractivity contribution in [3.63, 3.8) is 0 Å². The number of nitrogens with one attached hydrogen (secondary N) is 1. The summed E-state index contributed by atoms with van der Waals surface area (Å²) in [7, 11) is 0. The maximum atomic E-state index is 12.3. The Bertz CT molecular complexity index is 828. The molecule has 0 saturated heterocycles. The minimum absolute atomic E-state index is 0.130. The van der Waals surface area contributed by atoms with E-state index < -0.39 is 0 Å². The summed E-state index contributed by atoms with van der Waals surface area (Å²) in [4.78, 5) is 12.3. The first kappa shape index (κ1) is 15.0. The SMILES string of the molecule is Cc1ccccc1-n1nccc1NC(=O)Cc1c(C)noc1C. The molecule has 3 rings (SSSR count). The lowest BCUT2D eigenvalue weighted by Gasteiger charge is -2.11. The number of carbonyl (C=O) groups excluding carboxylic acids is 1. The number of amides is 1. The summed E-state index contributed by atoms with van der Waals surface area (Å²) < 4.78 is 6.82. The molecular formula is C17H18N4O2. The van der Waals surface area contributed by atoms with Crippen LogP contribution < -0.4 is 5.32 Å². The largest absolute Gasteiger partial charge is 0.361 e. The van der Waals surface area contributed by atoms with Crippen LogP contribution in [0.3, 0.4) is 0 Å². The minimum Gasteiger partial charge on any atom is -0.361 e. The van der Waals surface area contributed by atoms with Crippen molar-refractivity contribution in [2.45, 2.75) is 27.2 Å². The molecule has 0 spiro atoms. The van der Waals surface area contributed by atoms with Crippen molar-refractivity contribution in [2.24, 2.45) is 0 Å². The molecule has 0 aliphatic carbocycles. The van der Waals surface area contributed by atoms with Crippen LogP contribution in [-0.2, 0) is 11.2 Å². The molecule has 1 N–H and O–H groups in total. The van der Waals surface area contributed by atoms with Gasteiger partial charge in [-0.2, -0.15) is 5.10 Å². The summed E-state index contributed by atoms with van der Waals surface area (Å²) in [5.74, 6) is 1.18. The second kappa shape index (κ2) is 6.08. The number of anilines is 1. The van der Waals surface area contributed by atoms with E-state index in [1.54, 1.807) is 23.9 Å². The second-order valence-corrected chi connectivity index (χ2v) is 5.44. The van der Waals surface area contributed by atoms with Crippen LogP contribution in [0.4, 0.5) is 5.82 Å². The lowest BCUT2D eigenvalue weighted by atomic mass is 10.1. The Morgan fingerprint density at radius 2 is 2.00 bits per heavy atom. The third-order valence-electron chi connectivity index (χ3n) is 3.77. The van der Waals surface area contributed by atoms with Gasteiger partial charge in [-0.3, -0.25) is 4.79 Å². The van der Waals surface area contributed by atoms with Crippen molar-refractivity contribution in [3.8, 4) is 5.69 Å². The molecule has 6 heteroatoms. The third kappa shape index (κ3) is 3.01. The monoisotopic (exact) mass is 310 g/mol. The molecule has 6 nitrogen and oxygen atoms in total. The van der Waals surface area contributed by atoms with Gasteiger partial charge in [-0.25, -0.2) is 4.68 Å². The molecule has 0 aliphatic rings. The van der Waals surface area contributed by atoms with Crippen LogP contribution in [0.2, 0.25) is 0 Å². The van der Waals surface area contributed by atoms with Gasteiger partial charge >= 0.3 is 0 Å². The molecule has 2 heterocycles. The number of hydrogen-bond donors (Lipinski definition) is 1. The summed E-state index contributed by atoms with van der Waals surface area (Å²) >= 11 is 0. The standard InChI is InChI=1S/C17H18N4O2/c1-11-6-4-5-7-15(11)21-16(8-9-18-21)19-17(22)10-14-12(2)20-23-13(14)3/h4-9H,10H2,1-3H3,(H,19,22). The number of nitrogens with zero attached hydrogens (tertiary/aromatic N) is 3. The van der Waals surface area contributed by atoms with Gasteiger partial charge in [0.15, 0.2) is 0 Å². The highest BCUT2D eigenvalue weighted by Gasteiger charge is 2.15. The van der Waals surface area contributed by atoms with Gasteiger partial charge in [0.1, 0.15) is 11.6 Å². The fraction of sp³-hybridized carbons (Fsp3) is 0.235. The van der Waals surface area contributed by atoms with Crippen LogP contribution in [-0.4, -0.2) is 20.8 Å². The first-order valence-electron chi connectivity index (χ1n) is 7.38. The molecule has 23 heavy (non-hydrogen) atoms. The van der Waals surface area contributed by atoms with Crippen molar-refractivity contribution in [1.82, 2.24) is 14.9 Å². The minimum atomic E-state index is -0.130. The molecule has 2 aromatic heterocycles. The Balaban J connectivity index is 1.81. The zero-order valence-electron chi connectivity index (χ0n) is 13.3. The summed E-state index contributed by atoms with van der Waals surface area (Å²) in [6.07, 6.45) is 1.89. The Morgan fingerprint density at radius 3 is 2.70 bits per heavy atom. The van der Waals surface area contributed by atoms with Crippen LogP contribution in [0.15, 0.2) is 41.1 Å². The zero-order valence-corrected chi connectivity index (χ0v) is 13.3. The van der Waals surface area contributed by atoms with Gasteiger partial charge in [-0.1, -0.05) is 23.4 Å². The topological polar surface area (TPSA) is 73.0 Å². The summed E-state index contributed by atoms with van der Waals surface area (Å²) in [6.45, 7) is 5.64. The molecule has 0 atom stereocenters. The lowest BCUT2D eigenvalue weighted by molar-refractivity contribution is -0.115. The highest BCUT2D eigenvalue weighted by Crippen LogP contribution is 2.19. The van der Waals surface area contributed by atoms with Gasteiger partial charge in [0.05, 0.1) is 24.0 Å². The van der Waals surface area contributed by atoms with Crippen LogP contribution in [0.25, 0.3) is 5.69 Å². The summed E-state index contributed by atoms with van der Waals surface area (Å²) in [6, 6.07) is 9.66. The quantitative estimate of drug-likeness (QED) is 0.804. The number of hydrogen-bond acceptors (Lipinski definition) is 4. The van der Waals surface area contributed by atoms with Gasteiger partial charge in [0.2, 0.25) is 5.91 Å². The van der Waals surface area contributed by atoms with E-state index in [1.807, 2.05) is 38.1 Å². The van der Waals surface area contributed by atoms with E-state index in [0.717, 1.165) is 22.5 Å². The van der Waals surface area contributed by atoms with Crippen molar-refractivity contribution >= 4 is 11.7 Å². The predicted octanol–water partition coefficient (Wildman–Crippen LogP) is 2.97. The van der Waals surface area contributed by atoms with Crippen LogP contribution >= 0.6 is 0 Å². The molecule has 3 aromatic rings. The van der Waals surface area contributed by atoms with E-state index in [4.69, 9.17) is 4.52 Å². The fourth-order valence-electron chi connectivity index (χ4n) is 2.49. The lowest BCUT2D eigenvalue weighted by Crippen LogP contribution is -2.18. The summed E-state index contributed by atoms with van der Waals surface area (Å²) in [5.41, 5.74) is 3.58. The van der Waals surface area contributed by atoms with E-state index in [9.17, 15) is 4.79 Å². The molecule has 0 unspecified atom stereocenters. The predicted molar refractivity (Wildman–Crippen MR) is 86.6 cm³/mol. The van der Waals surface area contributed by atoms with E-state index >= 15 is 0 Å². The third-order valence-corrected chi connectivity index (χ3v) is 3.77. The van der Waals surface area contributed by atoms with E-state index in [2.05, 4.69) is 15.6 Å². The fourth-order valence-corrected chi connectivity index (χ4v) is 2.49. The maximum absolute atomic E-state index is 12.3. The Morgan fingerprint density at radius 1 is 1.22 bits per heavy atom. The van der Waals surface area contributed by atoms with Gasteiger partial charge in [-0.05, 0) is 32.4 Å². The normalized spacial score (nSPS) is 10.7. The average Bonchev–Trinajstić information content (AvgIpc) is 3.09. The van der Waals surface area contributed by atoms with Gasteiger partial charge in [0.25, 0.3) is 0 Å². The molecule has 0 aliphatic heterocycles. The molecule has 1 amide bonds. The van der Waals surface area contributed by atoms with Crippen LogP contribution in [0.5, 0.6) is 0 Å². The Hall–Kier alpha value is -2.89. The molecular weight excluding hydrogens is 292 g/mol. The summed E-state index contributed by atoms with van der Waals surface area (Å²) in [5, 5.41) is 11.1. The van der Waals surface area contributed by atoms with Gasteiger partial charge in [-0.15, -0.1) is 0 Å². The Kier molecular flexibility index (Phi) is 3.97. The maximum Gasteiger partial charge on any atom is 0.230 e.